The second kappa shape index (κ2) is 15.8. The van der Waals surface area contributed by atoms with Gasteiger partial charge in [-0.05, 0) is 122 Å². The molecule has 10 aromatic rings. The van der Waals surface area contributed by atoms with Gasteiger partial charge in [0.1, 0.15) is 0 Å². The Labute approximate surface area is 369 Å². The quantitative estimate of drug-likeness (QED) is 0.154. The zero-order valence-electron chi connectivity index (χ0n) is 35.2. The molecule has 2 heterocycles. The molecular weight excluding hydrogens is 763 g/mol. The molecule has 0 spiro atoms. The van der Waals surface area contributed by atoms with Crippen LogP contribution in [0.25, 0.3) is 78.3 Å². The van der Waals surface area contributed by atoms with Crippen LogP contribution < -0.4 is 0 Å². The molecule has 2 aromatic heterocycles. The van der Waals surface area contributed by atoms with E-state index in [1.54, 1.807) is 0 Å². The molecule has 0 saturated heterocycles. The van der Waals surface area contributed by atoms with Crippen molar-refractivity contribution in [1.82, 2.24) is 15.0 Å². The fraction of sp³-hybridized carbons (Fsp3) is 0.0500. The maximum atomic E-state index is 5.34. The highest BCUT2D eigenvalue weighted by Gasteiger charge is 2.46. The summed E-state index contributed by atoms with van der Waals surface area (Å²) in [5.74, 6) is 0.708. The van der Waals surface area contributed by atoms with Crippen molar-refractivity contribution in [3.63, 3.8) is 0 Å². The van der Waals surface area contributed by atoms with Gasteiger partial charge in [-0.15, -0.1) is 0 Å². The molecule has 1 atom stereocenters. The fourth-order valence-electron chi connectivity index (χ4n) is 9.79. The van der Waals surface area contributed by atoms with Crippen LogP contribution >= 0.6 is 0 Å². The Hall–Kier alpha value is -8.01. The van der Waals surface area contributed by atoms with Gasteiger partial charge < -0.3 is 0 Å². The first-order chi connectivity index (χ1) is 31.0. The van der Waals surface area contributed by atoms with Gasteiger partial charge >= 0.3 is 0 Å². The van der Waals surface area contributed by atoms with Crippen LogP contribution in [0.3, 0.4) is 0 Å². The summed E-state index contributed by atoms with van der Waals surface area (Å²) in [4.78, 5) is 14.9. The minimum atomic E-state index is -0.626. The number of rotatable bonds is 8. The van der Waals surface area contributed by atoms with Gasteiger partial charge in [0.05, 0.1) is 11.1 Å². The van der Waals surface area contributed by atoms with Gasteiger partial charge in [-0.25, -0.2) is 9.97 Å². The van der Waals surface area contributed by atoms with E-state index in [1.807, 2.05) is 12.4 Å². The molecule has 0 saturated carbocycles. The van der Waals surface area contributed by atoms with E-state index in [4.69, 9.17) is 9.97 Å². The molecule has 1 aliphatic rings. The lowest BCUT2D eigenvalue weighted by molar-refractivity contribution is 0.769. The third-order valence-corrected chi connectivity index (χ3v) is 12.6. The summed E-state index contributed by atoms with van der Waals surface area (Å²) >= 11 is 0. The van der Waals surface area contributed by atoms with Gasteiger partial charge in [0, 0.05) is 34.8 Å². The molecule has 8 aromatic carbocycles. The Bertz CT molecular complexity index is 3320. The van der Waals surface area contributed by atoms with Crippen molar-refractivity contribution in [2.24, 2.45) is 0 Å². The van der Waals surface area contributed by atoms with E-state index >= 15 is 0 Å². The molecule has 3 nitrogen and oxygen atoms in total. The molecule has 1 unspecified atom stereocenters. The topological polar surface area (TPSA) is 38.7 Å². The minimum absolute atomic E-state index is 0.626. The Kier molecular flexibility index (Phi) is 9.51. The largest absolute Gasteiger partial charge is 0.264 e. The maximum Gasteiger partial charge on any atom is 0.160 e. The van der Waals surface area contributed by atoms with Crippen LogP contribution in [0.5, 0.6) is 0 Å². The SMILES string of the molecule is Cc1cncc(-c2cccc(-c3ccccc3-c3cccc(C4(c5ccccc5)c5ccccc5-c5ccc(-c6nc(C)cc(-c7ccccc7-c7ccccc7)n6)cc54)c3)c2)c1. The van der Waals surface area contributed by atoms with Gasteiger partial charge in [0.2, 0.25) is 0 Å². The number of nitrogens with zero attached hydrogens (tertiary/aromatic N) is 3. The average molecular weight is 806 g/mol. The highest BCUT2D eigenvalue weighted by molar-refractivity contribution is 5.90. The summed E-state index contributed by atoms with van der Waals surface area (Å²) < 4.78 is 0. The van der Waals surface area contributed by atoms with Crippen molar-refractivity contribution in [3.8, 4) is 78.3 Å². The van der Waals surface area contributed by atoms with Gasteiger partial charge in [0.15, 0.2) is 5.82 Å². The number of hydrogen-bond acceptors (Lipinski definition) is 3. The number of fused-ring (bicyclic) bond motifs is 3. The summed E-state index contributed by atoms with van der Waals surface area (Å²) in [7, 11) is 0. The monoisotopic (exact) mass is 805 g/mol. The molecule has 298 valence electrons. The van der Waals surface area contributed by atoms with Crippen molar-refractivity contribution >= 4 is 0 Å². The third kappa shape index (κ3) is 6.66. The van der Waals surface area contributed by atoms with E-state index in [-0.39, 0.29) is 0 Å². The Morgan fingerprint density at radius 1 is 0.333 bits per heavy atom. The van der Waals surface area contributed by atoms with Crippen LogP contribution in [0.1, 0.15) is 33.5 Å². The van der Waals surface area contributed by atoms with E-state index < -0.39 is 5.41 Å². The number of aromatic nitrogens is 3. The summed E-state index contributed by atoms with van der Waals surface area (Å²) in [6, 6.07) is 76.9. The van der Waals surface area contributed by atoms with Crippen molar-refractivity contribution in [1.29, 1.82) is 0 Å². The fourth-order valence-corrected chi connectivity index (χ4v) is 9.79. The molecule has 1 aliphatic carbocycles. The van der Waals surface area contributed by atoms with Crippen LogP contribution in [0.2, 0.25) is 0 Å². The van der Waals surface area contributed by atoms with Crippen LogP contribution in [-0.4, -0.2) is 15.0 Å². The van der Waals surface area contributed by atoms with Gasteiger partial charge in [-0.1, -0.05) is 182 Å². The van der Waals surface area contributed by atoms with E-state index in [0.29, 0.717) is 5.82 Å². The minimum Gasteiger partial charge on any atom is -0.264 e. The molecule has 0 fully saturated rings. The van der Waals surface area contributed by atoms with Crippen LogP contribution in [0, 0.1) is 13.8 Å². The lowest BCUT2D eigenvalue weighted by atomic mass is 9.67. The maximum absolute atomic E-state index is 5.34. The molecule has 0 amide bonds. The number of hydrogen-bond donors (Lipinski definition) is 0. The highest BCUT2D eigenvalue weighted by atomic mass is 14.9. The van der Waals surface area contributed by atoms with Crippen molar-refractivity contribution in [2.45, 2.75) is 19.3 Å². The molecule has 0 N–H and O–H groups in total. The van der Waals surface area contributed by atoms with E-state index in [9.17, 15) is 0 Å². The third-order valence-electron chi connectivity index (χ3n) is 12.6. The predicted molar refractivity (Wildman–Crippen MR) is 259 cm³/mol. The second-order valence-corrected chi connectivity index (χ2v) is 16.5. The zero-order valence-corrected chi connectivity index (χ0v) is 35.2. The predicted octanol–water partition coefficient (Wildman–Crippen LogP) is 14.9. The molecule has 0 aliphatic heterocycles. The van der Waals surface area contributed by atoms with Crippen LogP contribution in [-0.2, 0) is 5.41 Å². The Morgan fingerprint density at radius 2 is 0.905 bits per heavy atom. The standard InChI is InChI=1S/C60H43N3/c1-40-33-47(39-61-38-40)43-19-15-20-44(35-43)51-26-9-10-27-52(51)45-21-16-24-49(36-45)60(48-22-7-4-8-23-48)56-30-14-13-28-53(56)54-32-31-46(37-57(54)60)59-62-41(2)34-58(63-59)55-29-12-11-25-50(55)42-17-5-3-6-18-42/h3-39H,1-2H3. The van der Waals surface area contributed by atoms with Crippen LogP contribution in [0.15, 0.2) is 225 Å². The Morgan fingerprint density at radius 3 is 1.65 bits per heavy atom. The molecular formula is C60H43N3. The average Bonchev–Trinajstić information content (AvgIpc) is 3.65. The number of aryl methyl sites for hydroxylation is 2. The normalized spacial score (nSPS) is 13.9. The van der Waals surface area contributed by atoms with Gasteiger partial charge in [-0.2, -0.15) is 0 Å². The molecule has 0 bridgehead atoms. The molecule has 0 radical (unpaired) electrons. The zero-order chi connectivity index (χ0) is 42.3. The Balaban J connectivity index is 1.09. The lowest BCUT2D eigenvalue weighted by Crippen LogP contribution is -2.28. The van der Waals surface area contributed by atoms with E-state index in [1.165, 1.54) is 44.5 Å². The van der Waals surface area contributed by atoms with E-state index in [2.05, 4.69) is 231 Å². The number of benzene rings is 8. The smallest absolute Gasteiger partial charge is 0.160 e. The van der Waals surface area contributed by atoms with E-state index in [0.717, 1.165) is 61.5 Å². The second-order valence-electron chi connectivity index (χ2n) is 16.5. The van der Waals surface area contributed by atoms with Crippen molar-refractivity contribution < 1.29 is 0 Å². The van der Waals surface area contributed by atoms with Crippen LogP contribution in [0.4, 0.5) is 0 Å². The molecule has 3 heteroatoms. The van der Waals surface area contributed by atoms with Crippen molar-refractivity contribution in [2.75, 3.05) is 0 Å². The van der Waals surface area contributed by atoms with Crippen molar-refractivity contribution in [3.05, 3.63) is 258 Å². The summed E-state index contributed by atoms with van der Waals surface area (Å²) in [6.45, 7) is 4.16. The highest BCUT2D eigenvalue weighted by Crippen LogP contribution is 2.57. The molecule has 63 heavy (non-hydrogen) atoms. The first-order valence-corrected chi connectivity index (χ1v) is 21.6. The molecule has 11 rings (SSSR count). The first kappa shape index (κ1) is 38.0. The first-order valence-electron chi connectivity index (χ1n) is 21.6. The summed E-state index contributed by atoms with van der Waals surface area (Å²) in [5, 5.41) is 0. The number of pyridine rings is 1. The summed E-state index contributed by atoms with van der Waals surface area (Å²) in [6.07, 6.45) is 3.85. The summed E-state index contributed by atoms with van der Waals surface area (Å²) in [5.41, 5.74) is 21.0. The van der Waals surface area contributed by atoms with Gasteiger partial charge in [-0.3, -0.25) is 4.98 Å². The lowest BCUT2D eigenvalue weighted by Gasteiger charge is -2.34. The van der Waals surface area contributed by atoms with Gasteiger partial charge in [0.25, 0.3) is 0 Å².